The molecule has 0 amide bonds. The fourth-order valence-electron chi connectivity index (χ4n) is 3.51. The molecule has 2 heterocycles. The van der Waals surface area contributed by atoms with E-state index in [2.05, 4.69) is 17.2 Å². The molecule has 1 aliphatic carbocycles. The van der Waals surface area contributed by atoms with Crippen molar-refractivity contribution in [3.63, 3.8) is 0 Å². The molecular formula is C19H22N4O2S. The van der Waals surface area contributed by atoms with Crippen LogP contribution in [0.3, 0.4) is 0 Å². The Hall–Kier alpha value is -2.28. The molecule has 2 aliphatic rings. The van der Waals surface area contributed by atoms with Crippen molar-refractivity contribution in [1.82, 2.24) is 14.8 Å². The van der Waals surface area contributed by atoms with Crippen molar-refractivity contribution in [2.75, 3.05) is 18.2 Å². The molecule has 1 aliphatic heterocycles. The number of carbonyl (C=O) groups excluding carboxylic acids is 1. The van der Waals surface area contributed by atoms with Gasteiger partial charge in [0.1, 0.15) is 11.8 Å². The van der Waals surface area contributed by atoms with E-state index >= 15 is 0 Å². The predicted molar refractivity (Wildman–Crippen MR) is 102 cm³/mol. The number of benzene rings is 1. The van der Waals surface area contributed by atoms with E-state index in [1.807, 2.05) is 28.9 Å². The van der Waals surface area contributed by atoms with Gasteiger partial charge in [0.05, 0.1) is 7.11 Å². The van der Waals surface area contributed by atoms with Crippen molar-refractivity contribution in [3.05, 3.63) is 41.1 Å². The maximum atomic E-state index is 12.8. The van der Waals surface area contributed by atoms with Gasteiger partial charge in [-0.1, -0.05) is 30.8 Å². The molecule has 1 aromatic heterocycles. The minimum atomic E-state index is -0.257. The van der Waals surface area contributed by atoms with Crippen LogP contribution >= 0.6 is 11.8 Å². The third-order valence-corrected chi connectivity index (χ3v) is 5.74. The maximum Gasteiger partial charge on any atom is 0.227 e. The fraction of sp³-hybridized carbons (Fsp3) is 0.421. The first-order valence-corrected chi connectivity index (χ1v) is 9.96. The van der Waals surface area contributed by atoms with Crippen LogP contribution in [0, 0.1) is 0 Å². The first-order chi connectivity index (χ1) is 12.7. The van der Waals surface area contributed by atoms with Gasteiger partial charge in [-0.25, -0.2) is 4.68 Å². The molecule has 1 aromatic carbocycles. The van der Waals surface area contributed by atoms with E-state index in [1.165, 1.54) is 0 Å². The van der Waals surface area contributed by atoms with Crippen LogP contribution in [0.2, 0.25) is 0 Å². The van der Waals surface area contributed by atoms with Gasteiger partial charge >= 0.3 is 0 Å². The first kappa shape index (κ1) is 17.1. The van der Waals surface area contributed by atoms with E-state index in [1.54, 1.807) is 18.9 Å². The van der Waals surface area contributed by atoms with Gasteiger partial charge in [-0.3, -0.25) is 4.79 Å². The number of hydrogen-bond acceptors (Lipinski definition) is 6. The quantitative estimate of drug-likeness (QED) is 0.807. The number of Topliss-reactive ketones (excluding diaryl/α,β-unsaturated/α-hetero) is 1. The Morgan fingerprint density at radius 1 is 1.38 bits per heavy atom. The Morgan fingerprint density at radius 3 is 3.08 bits per heavy atom. The number of methoxy groups -OCH3 is 1. The number of nitrogens with one attached hydrogen (secondary N) is 1. The molecule has 0 spiro atoms. The Kier molecular flexibility index (Phi) is 4.72. The van der Waals surface area contributed by atoms with E-state index in [-0.39, 0.29) is 11.8 Å². The molecule has 1 atom stereocenters. The number of anilines is 1. The van der Waals surface area contributed by atoms with E-state index in [0.717, 1.165) is 52.8 Å². The number of allylic oxidation sites excluding steroid dienone is 2. The molecule has 0 saturated carbocycles. The lowest BCUT2D eigenvalue weighted by Gasteiger charge is -2.32. The smallest absolute Gasteiger partial charge is 0.227 e. The molecule has 1 unspecified atom stereocenters. The predicted octanol–water partition coefficient (Wildman–Crippen LogP) is 3.81. The molecule has 0 bridgehead atoms. The minimum Gasteiger partial charge on any atom is -0.497 e. The number of hydrogen-bond donors (Lipinski definition) is 1. The van der Waals surface area contributed by atoms with Crippen LogP contribution in [0.25, 0.3) is 0 Å². The highest BCUT2D eigenvalue weighted by molar-refractivity contribution is 7.99. The number of carbonyl (C=O) groups is 1. The molecule has 0 radical (unpaired) electrons. The second-order valence-electron chi connectivity index (χ2n) is 6.48. The van der Waals surface area contributed by atoms with Crippen molar-refractivity contribution in [1.29, 1.82) is 0 Å². The van der Waals surface area contributed by atoms with Crippen LogP contribution in [0.1, 0.15) is 44.2 Å². The zero-order chi connectivity index (χ0) is 18.1. The number of nitrogens with zero attached hydrogens (tertiary/aromatic N) is 3. The zero-order valence-electron chi connectivity index (χ0n) is 15.0. The normalized spacial score (nSPS) is 19.0. The first-order valence-electron chi connectivity index (χ1n) is 8.97. The van der Waals surface area contributed by atoms with Crippen LogP contribution in [-0.4, -0.2) is 33.4 Å². The van der Waals surface area contributed by atoms with E-state index in [9.17, 15) is 4.79 Å². The van der Waals surface area contributed by atoms with Crippen molar-refractivity contribution in [2.24, 2.45) is 0 Å². The summed E-state index contributed by atoms with van der Waals surface area (Å²) in [6.07, 6.45) is 3.39. The Bertz CT molecular complexity index is 874. The third-order valence-electron chi connectivity index (χ3n) is 4.69. The van der Waals surface area contributed by atoms with Crippen LogP contribution in [0.15, 0.2) is 40.7 Å². The summed E-state index contributed by atoms with van der Waals surface area (Å²) in [6, 6.07) is 7.61. The highest BCUT2D eigenvalue weighted by Crippen LogP contribution is 2.41. The summed E-state index contributed by atoms with van der Waals surface area (Å²) in [6.45, 7) is 2.14. The molecule has 0 saturated heterocycles. The molecule has 6 nitrogen and oxygen atoms in total. The second kappa shape index (κ2) is 7.15. The molecule has 136 valence electrons. The van der Waals surface area contributed by atoms with Gasteiger partial charge in [0, 0.05) is 23.4 Å². The highest BCUT2D eigenvalue weighted by atomic mass is 32.2. The minimum absolute atomic E-state index is 0.190. The summed E-state index contributed by atoms with van der Waals surface area (Å²) >= 11 is 1.64. The average molecular weight is 370 g/mol. The molecule has 7 heteroatoms. The van der Waals surface area contributed by atoms with Crippen molar-refractivity contribution in [3.8, 4) is 5.75 Å². The van der Waals surface area contributed by atoms with Crippen LogP contribution in [0.4, 0.5) is 5.95 Å². The van der Waals surface area contributed by atoms with E-state index in [4.69, 9.17) is 9.84 Å². The molecule has 26 heavy (non-hydrogen) atoms. The molecular weight excluding hydrogens is 348 g/mol. The lowest BCUT2D eigenvalue weighted by molar-refractivity contribution is -0.116. The summed E-state index contributed by atoms with van der Waals surface area (Å²) in [5, 5.41) is 8.81. The number of ketones is 1. The highest BCUT2D eigenvalue weighted by Gasteiger charge is 2.36. The summed E-state index contributed by atoms with van der Waals surface area (Å²) in [5.41, 5.74) is 2.79. The van der Waals surface area contributed by atoms with Crippen LogP contribution in [-0.2, 0) is 4.79 Å². The molecule has 2 aromatic rings. The van der Waals surface area contributed by atoms with Gasteiger partial charge in [-0.2, -0.15) is 4.98 Å². The molecule has 0 fully saturated rings. The SMILES string of the molecule is CCCSc1nc2n(n1)C(c1cccc(OC)c1)C1=C(CCCC1=O)N2. The summed E-state index contributed by atoms with van der Waals surface area (Å²) in [7, 11) is 1.65. The zero-order valence-corrected chi connectivity index (χ0v) is 15.8. The van der Waals surface area contributed by atoms with Crippen LogP contribution in [0.5, 0.6) is 5.75 Å². The summed E-state index contributed by atoms with van der Waals surface area (Å²) in [5.74, 6) is 2.65. The van der Waals surface area contributed by atoms with Gasteiger partial charge in [0.25, 0.3) is 0 Å². The lowest BCUT2D eigenvalue weighted by atomic mass is 9.85. The van der Waals surface area contributed by atoms with Gasteiger partial charge < -0.3 is 10.1 Å². The number of rotatable bonds is 5. The van der Waals surface area contributed by atoms with Gasteiger partial charge in [0.2, 0.25) is 11.1 Å². The van der Waals surface area contributed by atoms with Crippen LogP contribution < -0.4 is 10.1 Å². The summed E-state index contributed by atoms with van der Waals surface area (Å²) < 4.78 is 7.24. The number of fused-ring (bicyclic) bond motifs is 1. The standard InChI is InChI=1S/C19H22N4O2S/c1-3-10-26-19-21-18-20-14-8-5-9-15(24)16(14)17(23(18)22-19)12-6-4-7-13(11-12)25-2/h4,6-7,11,17H,3,5,8-10H2,1-2H3,(H,20,21,22). The number of thioether (sulfide) groups is 1. The average Bonchev–Trinajstić information content (AvgIpc) is 3.07. The second-order valence-corrected chi connectivity index (χ2v) is 7.55. The molecule has 1 N–H and O–H groups in total. The fourth-order valence-corrected chi connectivity index (χ4v) is 4.19. The number of ether oxygens (including phenoxy) is 1. The van der Waals surface area contributed by atoms with Crippen molar-refractivity contribution < 1.29 is 9.53 Å². The van der Waals surface area contributed by atoms with Crippen molar-refractivity contribution >= 4 is 23.5 Å². The van der Waals surface area contributed by atoms with E-state index in [0.29, 0.717) is 12.4 Å². The summed E-state index contributed by atoms with van der Waals surface area (Å²) in [4.78, 5) is 17.4. The van der Waals surface area contributed by atoms with Gasteiger partial charge in [-0.05, 0) is 37.0 Å². The Labute approximate surface area is 157 Å². The third kappa shape index (κ3) is 3.00. The lowest BCUT2D eigenvalue weighted by Crippen LogP contribution is -2.31. The Balaban J connectivity index is 1.83. The number of aromatic nitrogens is 3. The Morgan fingerprint density at radius 2 is 2.27 bits per heavy atom. The van der Waals surface area contributed by atoms with E-state index < -0.39 is 0 Å². The van der Waals surface area contributed by atoms with Gasteiger partial charge in [-0.15, -0.1) is 5.10 Å². The largest absolute Gasteiger partial charge is 0.497 e. The monoisotopic (exact) mass is 370 g/mol. The molecule has 4 rings (SSSR count). The maximum absolute atomic E-state index is 12.8. The van der Waals surface area contributed by atoms with Gasteiger partial charge in [0.15, 0.2) is 5.78 Å². The topological polar surface area (TPSA) is 69.0 Å². The van der Waals surface area contributed by atoms with Crippen molar-refractivity contribution in [2.45, 2.75) is 43.8 Å².